The van der Waals surface area contributed by atoms with E-state index >= 15 is 4.39 Å². The molecule has 1 atom stereocenters. The lowest BCUT2D eigenvalue weighted by Gasteiger charge is -2.40. The van der Waals surface area contributed by atoms with Gasteiger partial charge in [-0.1, -0.05) is 25.5 Å². The Morgan fingerprint density at radius 2 is 2.15 bits per heavy atom. The van der Waals surface area contributed by atoms with E-state index in [9.17, 15) is 9.59 Å². The molecule has 0 N–H and O–H groups in total. The molecule has 2 aliphatic heterocycles. The SMILES string of the molecule is CCCCC1(F)C(=O)c2cccc3c2N(CCC3)C1=O. The van der Waals surface area contributed by atoms with Gasteiger partial charge in [0.05, 0.1) is 5.69 Å². The van der Waals surface area contributed by atoms with Crippen molar-refractivity contribution in [1.29, 1.82) is 0 Å². The Kier molecular flexibility index (Phi) is 3.11. The maximum absolute atomic E-state index is 15.1. The van der Waals surface area contributed by atoms with Gasteiger partial charge >= 0.3 is 0 Å². The molecule has 2 aliphatic rings. The number of hydrogen-bond donors (Lipinski definition) is 0. The average molecular weight is 275 g/mol. The van der Waals surface area contributed by atoms with Crippen LogP contribution in [0.5, 0.6) is 0 Å². The first-order valence-electron chi connectivity index (χ1n) is 7.27. The Morgan fingerprint density at radius 3 is 2.90 bits per heavy atom. The smallest absolute Gasteiger partial charge is 0.272 e. The number of rotatable bonds is 3. The predicted octanol–water partition coefficient (Wildman–Crippen LogP) is 3.06. The Bertz CT molecular complexity index is 584. The van der Waals surface area contributed by atoms with Crippen molar-refractivity contribution < 1.29 is 14.0 Å². The quantitative estimate of drug-likeness (QED) is 0.795. The lowest BCUT2D eigenvalue weighted by molar-refractivity contribution is -0.128. The summed E-state index contributed by atoms with van der Waals surface area (Å²) in [6.45, 7) is 2.43. The second kappa shape index (κ2) is 4.69. The monoisotopic (exact) mass is 275 g/mol. The zero-order valence-electron chi connectivity index (χ0n) is 11.6. The Labute approximate surface area is 117 Å². The van der Waals surface area contributed by atoms with Crippen LogP contribution in [0.1, 0.15) is 48.5 Å². The van der Waals surface area contributed by atoms with Gasteiger partial charge in [0.1, 0.15) is 0 Å². The van der Waals surface area contributed by atoms with Crippen molar-refractivity contribution in [3.05, 3.63) is 29.3 Å². The van der Waals surface area contributed by atoms with Gasteiger partial charge in [0.25, 0.3) is 11.6 Å². The van der Waals surface area contributed by atoms with Gasteiger partial charge in [-0.15, -0.1) is 0 Å². The summed E-state index contributed by atoms with van der Waals surface area (Å²) >= 11 is 0. The molecule has 0 bridgehead atoms. The minimum atomic E-state index is -2.36. The van der Waals surface area contributed by atoms with Crippen LogP contribution < -0.4 is 4.90 Å². The van der Waals surface area contributed by atoms with Crippen molar-refractivity contribution in [3.63, 3.8) is 0 Å². The van der Waals surface area contributed by atoms with E-state index in [1.54, 1.807) is 12.1 Å². The highest BCUT2D eigenvalue weighted by molar-refractivity contribution is 6.27. The number of alkyl halides is 1. The van der Waals surface area contributed by atoms with Crippen molar-refractivity contribution in [3.8, 4) is 0 Å². The lowest BCUT2D eigenvalue weighted by atomic mass is 9.81. The highest BCUT2D eigenvalue weighted by Crippen LogP contribution is 2.41. The van der Waals surface area contributed by atoms with Gasteiger partial charge in [-0.2, -0.15) is 0 Å². The fourth-order valence-electron chi connectivity index (χ4n) is 3.20. The molecule has 4 heteroatoms. The summed E-state index contributed by atoms with van der Waals surface area (Å²) in [6.07, 6.45) is 2.95. The number of benzene rings is 1. The van der Waals surface area contributed by atoms with Gasteiger partial charge in [-0.25, -0.2) is 4.39 Å². The number of halogens is 1. The highest BCUT2D eigenvalue weighted by atomic mass is 19.1. The molecule has 0 saturated carbocycles. The summed E-state index contributed by atoms with van der Waals surface area (Å²) in [4.78, 5) is 26.4. The third-order valence-corrected chi connectivity index (χ3v) is 4.28. The molecule has 0 fully saturated rings. The van der Waals surface area contributed by atoms with E-state index in [-0.39, 0.29) is 6.42 Å². The largest absolute Gasteiger partial charge is 0.308 e. The summed E-state index contributed by atoms with van der Waals surface area (Å²) in [5, 5.41) is 0. The number of hydrogen-bond acceptors (Lipinski definition) is 2. The summed E-state index contributed by atoms with van der Waals surface area (Å²) in [6, 6.07) is 5.35. The van der Waals surface area contributed by atoms with Crippen LogP contribution in [0.4, 0.5) is 10.1 Å². The number of unbranched alkanes of at least 4 members (excludes halogenated alkanes) is 1. The van der Waals surface area contributed by atoms with E-state index in [1.165, 1.54) is 4.90 Å². The molecule has 2 heterocycles. The molecule has 3 rings (SSSR count). The van der Waals surface area contributed by atoms with E-state index in [1.807, 2.05) is 13.0 Å². The van der Waals surface area contributed by atoms with E-state index in [2.05, 4.69) is 0 Å². The molecule has 20 heavy (non-hydrogen) atoms. The van der Waals surface area contributed by atoms with Crippen LogP contribution in [-0.4, -0.2) is 23.9 Å². The van der Waals surface area contributed by atoms with Gasteiger partial charge in [-0.3, -0.25) is 9.59 Å². The third kappa shape index (κ3) is 1.70. The van der Waals surface area contributed by atoms with Crippen LogP contribution in [0.2, 0.25) is 0 Å². The Morgan fingerprint density at radius 1 is 1.35 bits per heavy atom. The summed E-state index contributed by atoms with van der Waals surface area (Å²) in [5.74, 6) is -1.30. The number of ketones is 1. The van der Waals surface area contributed by atoms with Gasteiger partial charge in [0.15, 0.2) is 0 Å². The number of amides is 1. The number of carbonyl (C=O) groups is 2. The molecule has 1 aromatic rings. The third-order valence-electron chi connectivity index (χ3n) is 4.28. The van der Waals surface area contributed by atoms with E-state index < -0.39 is 17.4 Å². The fourth-order valence-corrected chi connectivity index (χ4v) is 3.20. The number of aryl methyl sites for hydroxylation is 1. The number of nitrogens with zero attached hydrogens (tertiary/aromatic N) is 1. The first-order valence-corrected chi connectivity index (χ1v) is 7.27. The maximum atomic E-state index is 15.1. The topological polar surface area (TPSA) is 37.4 Å². The van der Waals surface area contributed by atoms with Gasteiger partial charge in [-0.05, 0) is 37.3 Å². The highest BCUT2D eigenvalue weighted by Gasteiger charge is 2.54. The Balaban J connectivity index is 2.13. The van der Waals surface area contributed by atoms with Crippen molar-refractivity contribution in [2.75, 3.05) is 11.4 Å². The standard InChI is InChI=1S/C16H18FNO2/c1-2-3-9-16(17)14(19)12-8-4-6-11-7-5-10-18(13(11)12)15(16)20/h4,6,8H,2-3,5,7,9-10H2,1H3. The summed E-state index contributed by atoms with van der Waals surface area (Å²) in [7, 11) is 0. The van der Waals surface area contributed by atoms with Crippen molar-refractivity contribution >= 4 is 17.4 Å². The summed E-state index contributed by atoms with van der Waals surface area (Å²) < 4.78 is 15.1. The molecular weight excluding hydrogens is 257 g/mol. The molecule has 1 amide bonds. The average Bonchev–Trinajstić information content (AvgIpc) is 2.48. The molecule has 0 spiro atoms. The second-order valence-corrected chi connectivity index (χ2v) is 5.61. The molecule has 0 radical (unpaired) electrons. The van der Waals surface area contributed by atoms with Crippen molar-refractivity contribution in [2.45, 2.75) is 44.7 Å². The molecule has 1 aromatic carbocycles. The molecule has 0 aliphatic carbocycles. The van der Waals surface area contributed by atoms with Crippen LogP contribution in [0.25, 0.3) is 0 Å². The van der Waals surface area contributed by atoms with Crippen molar-refractivity contribution in [2.24, 2.45) is 0 Å². The number of para-hydroxylation sites is 1. The van der Waals surface area contributed by atoms with Crippen LogP contribution >= 0.6 is 0 Å². The zero-order valence-corrected chi connectivity index (χ0v) is 11.6. The lowest BCUT2D eigenvalue weighted by Crippen LogP contribution is -2.56. The maximum Gasteiger partial charge on any atom is 0.272 e. The van der Waals surface area contributed by atoms with Gasteiger partial charge < -0.3 is 4.90 Å². The van der Waals surface area contributed by atoms with Crippen LogP contribution in [0.15, 0.2) is 18.2 Å². The number of anilines is 1. The number of Topliss-reactive ketones (excluding diaryl/α,β-unsaturated/α-hetero) is 1. The first kappa shape index (κ1) is 13.3. The van der Waals surface area contributed by atoms with Crippen LogP contribution in [0, 0.1) is 0 Å². The minimum absolute atomic E-state index is 0.0126. The Hall–Kier alpha value is -1.71. The molecular formula is C16H18FNO2. The predicted molar refractivity (Wildman–Crippen MR) is 74.8 cm³/mol. The normalized spacial score (nSPS) is 24.8. The number of carbonyl (C=O) groups excluding carboxylic acids is 2. The minimum Gasteiger partial charge on any atom is -0.308 e. The van der Waals surface area contributed by atoms with Crippen molar-refractivity contribution in [1.82, 2.24) is 0 Å². The summed E-state index contributed by atoms with van der Waals surface area (Å²) in [5.41, 5.74) is -0.356. The fraction of sp³-hybridized carbons (Fsp3) is 0.500. The molecule has 3 nitrogen and oxygen atoms in total. The zero-order chi connectivity index (χ0) is 14.3. The van der Waals surface area contributed by atoms with E-state index in [0.717, 1.165) is 24.8 Å². The molecule has 0 saturated heterocycles. The molecule has 0 aromatic heterocycles. The van der Waals surface area contributed by atoms with Gasteiger partial charge in [0, 0.05) is 12.1 Å². The van der Waals surface area contributed by atoms with Gasteiger partial charge in [0.2, 0.25) is 5.78 Å². The molecule has 106 valence electrons. The van der Waals surface area contributed by atoms with E-state index in [0.29, 0.717) is 24.2 Å². The molecule has 1 unspecified atom stereocenters. The second-order valence-electron chi connectivity index (χ2n) is 5.61. The van der Waals surface area contributed by atoms with Crippen LogP contribution in [-0.2, 0) is 11.2 Å². The van der Waals surface area contributed by atoms with Crippen LogP contribution in [0.3, 0.4) is 0 Å². The van der Waals surface area contributed by atoms with E-state index in [4.69, 9.17) is 0 Å². The first-order chi connectivity index (χ1) is 9.59.